The number of hydrogen-bond acceptors (Lipinski definition) is 3. The van der Waals surface area contributed by atoms with Crippen LogP contribution in [0.3, 0.4) is 0 Å². The van der Waals surface area contributed by atoms with E-state index >= 15 is 0 Å². The molecule has 1 aliphatic rings. The highest BCUT2D eigenvalue weighted by Gasteiger charge is 2.18. The van der Waals surface area contributed by atoms with E-state index in [0.717, 1.165) is 47.5 Å². The van der Waals surface area contributed by atoms with E-state index in [1.807, 2.05) is 23.7 Å². The molecule has 1 atom stereocenters. The van der Waals surface area contributed by atoms with Gasteiger partial charge in [-0.3, -0.25) is 9.48 Å². The molecular weight excluding hydrogens is 408 g/mol. The molecule has 0 aliphatic carbocycles. The number of aryl methyl sites for hydroxylation is 1. The van der Waals surface area contributed by atoms with Crippen molar-refractivity contribution in [3.05, 3.63) is 42.8 Å². The number of benzene rings is 1. The summed E-state index contributed by atoms with van der Waals surface area (Å²) in [7, 11) is 0. The standard InChI is InChI=1S/C18H24Cl2N3OPS/c1-12-9-14(19)13(11-16(20)25(2,3)4)10-15(12)21-17-22-7-5-6-8-23(22)18(24)26-17/h9-10,16H,2,5-8,11H2,1,3-4H3. The average molecular weight is 432 g/mol. The van der Waals surface area contributed by atoms with Crippen LogP contribution in [0.4, 0.5) is 5.69 Å². The lowest BCUT2D eigenvalue weighted by molar-refractivity contribution is 0.345. The first-order valence-corrected chi connectivity index (χ1v) is 13.2. The van der Waals surface area contributed by atoms with Crippen LogP contribution in [0.1, 0.15) is 24.0 Å². The van der Waals surface area contributed by atoms with Crippen LogP contribution in [-0.4, -0.2) is 34.1 Å². The highest BCUT2D eigenvalue weighted by atomic mass is 35.5. The number of aromatic nitrogens is 2. The largest absolute Gasteiger partial charge is 0.325 e. The molecule has 2 heterocycles. The fourth-order valence-corrected chi connectivity index (χ4v) is 4.97. The number of fused-ring (bicyclic) bond motifs is 1. The van der Waals surface area contributed by atoms with Crippen molar-refractivity contribution in [3.8, 4) is 0 Å². The Balaban J connectivity index is 2.05. The van der Waals surface area contributed by atoms with Crippen LogP contribution in [0, 0.1) is 6.92 Å². The molecule has 142 valence electrons. The number of alkyl halides is 1. The lowest BCUT2D eigenvalue weighted by Gasteiger charge is -2.21. The number of hydrogen-bond donors (Lipinski definition) is 0. The molecule has 1 aromatic carbocycles. The van der Waals surface area contributed by atoms with Crippen molar-refractivity contribution >= 4 is 53.4 Å². The van der Waals surface area contributed by atoms with Crippen molar-refractivity contribution in [3.63, 3.8) is 0 Å². The Hall–Kier alpha value is -0.740. The van der Waals surface area contributed by atoms with Crippen LogP contribution in [0.2, 0.25) is 5.02 Å². The third-order valence-corrected chi connectivity index (χ3v) is 9.28. The first kappa shape index (κ1) is 20.0. The van der Waals surface area contributed by atoms with E-state index in [4.69, 9.17) is 28.2 Å². The van der Waals surface area contributed by atoms with E-state index in [-0.39, 0.29) is 9.99 Å². The van der Waals surface area contributed by atoms with Gasteiger partial charge in [-0.1, -0.05) is 24.8 Å². The molecule has 0 radical (unpaired) electrons. The van der Waals surface area contributed by atoms with Crippen LogP contribution >= 0.6 is 41.4 Å². The summed E-state index contributed by atoms with van der Waals surface area (Å²) in [5.41, 5.74) is 2.82. The first-order chi connectivity index (χ1) is 12.2. The Morgan fingerprint density at radius 1 is 1.31 bits per heavy atom. The van der Waals surface area contributed by atoms with Gasteiger partial charge in [-0.2, -0.15) is 0 Å². The minimum absolute atomic E-state index is 0.0248. The van der Waals surface area contributed by atoms with Crippen molar-refractivity contribution in [1.82, 2.24) is 9.36 Å². The monoisotopic (exact) mass is 431 g/mol. The minimum Gasteiger partial charge on any atom is -0.256 e. The molecule has 1 aliphatic heterocycles. The molecule has 4 nitrogen and oxygen atoms in total. The summed E-state index contributed by atoms with van der Waals surface area (Å²) < 4.78 is 3.79. The minimum atomic E-state index is -1.42. The molecule has 2 aromatic rings. The summed E-state index contributed by atoms with van der Waals surface area (Å²) in [5, 5.41) is 0.684. The molecule has 0 fully saturated rings. The summed E-state index contributed by atoms with van der Waals surface area (Å²) in [6.07, 6.45) is 7.02. The van der Waals surface area contributed by atoms with Gasteiger partial charge in [0.15, 0.2) is 0 Å². The maximum Gasteiger partial charge on any atom is 0.325 e. The second-order valence-electron chi connectivity index (χ2n) is 7.36. The van der Waals surface area contributed by atoms with E-state index < -0.39 is 6.89 Å². The van der Waals surface area contributed by atoms with Gasteiger partial charge in [-0.25, -0.2) is 9.67 Å². The third kappa shape index (κ3) is 4.22. The molecule has 0 bridgehead atoms. The highest BCUT2D eigenvalue weighted by molar-refractivity contribution is 7.74. The van der Waals surface area contributed by atoms with Crippen LogP contribution in [0.5, 0.6) is 0 Å². The smallest absolute Gasteiger partial charge is 0.256 e. The number of halogens is 2. The van der Waals surface area contributed by atoms with Crippen molar-refractivity contribution in [2.24, 2.45) is 4.99 Å². The van der Waals surface area contributed by atoms with Crippen LogP contribution in [0.25, 0.3) is 0 Å². The second-order valence-corrected chi connectivity index (χ2v) is 13.7. The van der Waals surface area contributed by atoms with Crippen molar-refractivity contribution < 1.29 is 0 Å². The zero-order valence-corrected chi connectivity index (χ0v) is 18.6. The van der Waals surface area contributed by atoms with Gasteiger partial charge in [-0.15, -0.1) is 11.6 Å². The van der Waals surface area contributed by atoms with Gasteiger partial charge < -0.3 is 0 Å². The Labute approximate surface area is 168 Å². The van der Waals surface area contributed by atoms with Crippen LogP contribution in [-0.2, 0) is 19.5 Å². The molecule has 26 heavy (non-hydrogen) atoms. The lowest BCUT2D eigenvalue weighted by Crippen LogP contribution is -2.31. The highest BCUT2D eigenvalue weighted by Crippen LogP contribution is 2.46. The normalized spacial score (nSPS) is 16.6. The molecule has 1 unspecified atom stereocenters. The second kappa shape index (κ2) is 7.71. The zero-order chi connectivity index (χ0) is 19.1. The first-order valence-electron chi connectivity index (χ1n) is 8.63. The van der Waals surface area contributed by atoms with Gasteiger partial charge in [0.1, 0.15) is 0 Å². The lowest BCUT2D eigenvalue weighted by atomic mass is 10.1. The van der Waals surface area contributed by atoms with Gasteiger partial charge in [0.2, 0.25) is 4.80 Å². The Bertz CT molecular complexity index is 999. The third-order valence-electron chi connectivity index (χ3n) is 4.62. The van der Waals surface area contributed by atoms with Crippen molar-refractivity contribution in [2.45, 2.75) is 44.4 Å². The summed E-state index contributed by atoms with van der Waals surface area (Å²) in [5.74, 6) is 0. The van der Waals surface area contributed by atoms with Gasteiger partial charge in [0.05, 0.1) is 10.8 Å². The number of rotatable bonds is 4. The van der Waals surface area contributed by atoms with Crippen molar-refractivity contribution in [1.29, 1.82) is 0 Å². The maximum absolute atomic E-state index is 12.2. The van der Waals surface area contributed by atoms with Gasteiger partial charge in [0.25, 0.3) is 0 Å². The van der Waals surface area contributed by atoms with Gasteiger partial charge in [-0.05, 0) is 74.1 Å². The maximum atomic E-state index is 12.2. The summed E-state index contributed by atoms with van der Waals surface area (Å²) in [4.78, 5) is 17.8. The van der Waals surface area contributed by atoms with E-state index in [2.05, 4.69) is 19.6 Å². The van der Waals surface area contributed by atoms with E-state index in [1.165, 1.54) is 11.3 Å². The van der Waals surface area contributed by atoms with Gasteiger partial charge in [0, 0.05) is 18.1 Å². The Morgan fingerprint density at radius 2 is 1.96 bits per heavy atom. The van der Waals surface area contributed by atoms with E-state index in [1.54, 1.807) is 4.68 Å². The molecule has 8 heteroatoms. The summed E-state index contributed by atoms with van der Waals surface area (Å²) >= 11 is 14.2. The molecule has 3 rings (SSSR count). The molecule has 0 spiro atoms. The zero-order valence-electron chi connectivity index (χ0n) is 15.3. The van der Waals surface area contributed by atoms with E-state index in [9.17, 15) is 4.79 Å². The molecule has 0 saturated carbocycles. The fraction of sp³-hybridized carbons (Fsp3) is 0.500. The van der Waals surface area contributed by atoms with E-state index in [0.29, 0.717) is 11.4 Å². The summed E-state index contributed by atoms with van der Waals surface area (Å²) in [6.45, 7) is 6.42. The predicted octanol–water partition coefficient (Wildman–Crippen LogP) is 4.52. The van der Waals surface area contributed by atoms with Crippen molar-refractivity contribution in [2.75, 3.05) is 13.3 Å². The molecule has 1 aromatic heterocycles. The fourth-order valence-electron chi connectivity index (χ4n) is 2.93. The quantitative estimate of drug-likeness (QED) is 0.518. The Kier molecular flexibility index (Phi) is 5.93. The Morgan fingerprint density at radius 3 is 2.62 bits per heavy atom. The topological polar surface area (TPSA) is 39.3 Å². The molecule has 0 saturated heterocycles. The van der Waals surface area contributed by atoms with Crippen LogP contribution < -0.4 is 9.67 Å². The average Bonchev–Trinajstić information content (AvgIpc) is 2.87. The summed E-state index contributed by atoms with van der Waals surface area (Å²) in [6, 6.07) is 3.94. The molecular formula is C18H24Cl2N3OPS. The number of nitrogens with zero attached hydrogens (tertiary/aromatic N) is 3. The molecule has 0 N–H and O–H groups in total. The SMILES string of the molecule is C=P(C)(C)C(Cl)Cc1cc(N=c2sc(=O)n3n2CCCC3)c(C)cc1Cl. The molecule has 0 amide bonds. The van der Waals surface area contributed by atoms with Crippen LogP contribution in [0.15, 0.2) is 21.9 Å². The van der Waals surface area contributed by atoms with Gasteiger partial charge >= 0.3 is 4.87 Å². The predicted molar refractivity (Wildman–Crippen MR) is 116 cm³/mol.